The van der Waals surface area contributed by atoms with Crippen LogP contribution in [0.5, 0.6) is 0 Å². The maximum Gasteiger partial charge on any atom is 0.420 e. The zero-order valence-corrected chi connectivity index (χ0v) is 19.9. The van der Waals surface area contributed by atoms with Crippen LogP contribution in [-0.2, 0) is 21.4 Å². The molecular weight excluding hydrogens is 442 g/mol. The molecule has 1 aromatic heterocycles. The Morgan fingerprint density at radius 1 is 1.09 bits per heavy atom. The molecule has 1 saturated heterocycles. The molecule has 2 atom stereocenters. The van der Waals surface area contributed by atoms with Crippen LogP contribution in [0.3, 0.4) is 0 Å². The van der Waals surface area contributed by atoms with Gasteiger partial charge in [0.05, 0.1) is 10.4 Å². The minimum absolute atomic E-state index is 0.0861. The number of sulfonamides is 1. The molecule has 176 valence electrons. The number of piperidine rings is 1. The molecule has 1 fully saturated rings. The standard InChI is InChI=1S/C24H29N3O5S/c1-4-26(19-8-6-5-7-9-19)23(28)16-27-21-11-10-20(13-22(21)32-24(27)29)33(30,31)25-14-17(2)12-18(3)15-25/h5-11,13,17-18H,4,12,14-16H2,1-3H3/t17-,18-/m0/s1. The van der Waals surface area contributed by atoms with Gasteiger partial charge in [-0.15, -0.1) is 0 Å². The van der Waals surface area contributed by atoms with Gasteiger partial charge in [-0.05, 0) is 49.4 Å². The van der Waals surface area contributed by atoms with Crippen LogP contribution in [0.15, 0.2) is 62.6 Å². The SMILES string of the molecule is CCN(C(=O)Cn1c(=O)oc2cc(S(=O)(=O)N3C[C@@H](C)C[C@H](C)C3)ccc21)c1ccccc1. The van der Waals surface area contributed by atoms with Gasteiger partial charge in [-0.25, -0.2) is 13.2 Å². The van der Waals surface area contributed by atoms with Crippen molar-refractivity contribution < 1.29 is 17.6 Å². The molecule has 2 aromatic carbocycles. The van der Waals surface area contributed by atoms with E-state index in [9.17, 15) is 18.0 Å². The summed E-state index contributed by atoms with van der Waals surface area (Å²) in [7, 11) is -3.71. The summed E-state index contributed by atoms with van der Waals surface area (Å²) in [6, 6.07) is 13.6. The van der Waals surface area contributed by atoms with E-state index in [1.807, 2.05) is 51.1 Å². The lowest BCUT2D eigenvalue weighted by Gasteiger charge is -2.34. The average Bonchev–Trinajstić information content (AvgIpc) is 3.08. The van der Waals surface area contributed by atoms with E-state index < -0.39 is 15.8 Å². The number of anilines is 1. The van der Waals surface area contributed by atoms with Crippen molar-refractivity contribution in [3.8, 4) is 0 Å². The summed E-state index contributed by atoms with van der Waals surface area (Å²) in [6.45, 7) is 7.14. The molecule has 0 N–H and O–H groups in total. The van der Waals surface area contributed by atoms with Crippen LogP contribution < -0.4 is 10.7 Å². The second kappa shape index (κ2) is 9.15. The number of benzene rings is 2. The Morgan fingerprint density at radius 2 is 1.76 bits per heavy atom. The van der Waals surface area contributed by atoms with Gasteiger partial charge >= 0.3 is 5.76 Å². The van der Waals surface area contributed by atoms with Crippen LogP contribution in [0.4, 0.5) is 5.69 Å². The van der Waals surface area contributed by atoms with E-state index in [2.05, 4.69) is 0 Å². The van der Waals surface area contributed by atoms with E-state index in [0.29, 0.717) is 25.2 Å². The number of likely N-dealkylation sites (N-methyl/N-ethyl adjacent to an activating group) is 1. The summed E-state index contributed by atoms with van der Waals surface area (Å²) in [5, 5.41) is 0. The monoisotopic (exact) mass is 471 g/mol. The third-order valence-corrected chi connectivity index (χ3v) is 7.92. The molecule has 0 saturated carbocycles. The highest BCUT2D eigenvalue weighted by Crippen LogP contribution is 2.28. The molecule has 0 spiro atoms. The Kier molecular flexibility index (Phi) is 6.45. The molecular formula is C24H29N3O5S. The Hall–Kier alpha value is -2.91. The van der Waals surface area contributed by atoms with Crippen LogP contribution in [0.25, 0.3) is 11.1 Å². The minimum atomic E-state index is -3.71. The van der Waals surface area contributed by atoms with Gasteiger partial charge in [-0.1, -0.05) is 32.0 Å². The fourth-order valence-electron chi connectivity index (χ4n) is 4.64. The van der Waals surface area contributed by atoms with E-state index in [1.54, 1.807) is 4.90 Å². The zero-order valence-electron chi connectivity index (χ0n) is 19.1. The molecule has 0 bridgehead atoms. The predicted molar refractivity (Wildman–Crippen MR) is 127 cm³/mol. The van der Waals surface area contributed by atoms with Crippen LogP contribution in [-0.4, -0.2) is 42.8 Å². The van der Waals surface area contributed by atoms with Gasteiger partial charge in [-0.2, -0.15) is 4.31 Å². The zero-order chi connectivity index (χ0) is 23.8. The number of rotatable bonds is 6. The molecule has 8 nitrogen and oxygen atoms in total. The Morgan fingerprint density at radius 3 is 2.39 bits per heavy atom. The van der Waals surface area contributed by atoms with Crippen LogP contribution in [0.2, 0.25) is 0 Å². The van der Waals surface area contributed by atoms with Crippen molar-refractivity contribution >= 4 is 32.7 Å². The van der Waals surface area contributed by atoms with Crippen molar-refractivity contribution in [3.63, 3.8) is 0 Å². The number of carbonyl (C=O) groups excluding carboxylic acids is 1. The van der Waals surface area contributed by atoms with Crippen molar-refractivity contribution in [2.45, 2.75) is 38.6 Å². The number of aromatic nitrogens is 1. The quantitative estimate of drug-likeness (QED) is 0.550. The molecule has 33 heavy (non-hydrogen) atoms. The lowest BCUT2D eigenvalue weighted by Crippen LogP contribution is -2.42. The molecule has 0 radical (unpaired) electrons. The number of carbonyl (C=O) groups is 1. The summed E-state index contributed by atoms with van der Waals surface area (Å²) in [6.07, 6.45) is 0.995. The van der Waals surface area contributed by atoms with Crippen molar-refractivity contribution in [2.75, 3.05) is 24.5 Å². The minimum Gasteiger partial charge on any atom is -0.408 e. The summed E-state index contributed by atoms with van der Waals surface area (Å²) in [4.78, 5) is 27.2. The second-order valence-electron chi connectivity index (χ2n) is 8.83. The highest BCUT2D eigenvalue weighted by Gasteiger charge is 2.32. The third-order valence-electron chi connectivity index (χ3n) is 6.09. The van der Waals surface area contributed by atoms with Crippen LogP contribution in [0, 0.1) is 11.8 Å². The molecule has 4 rings (SSSR count). The van der Waals surface area contributed by atoms with Crippen LogP contribution >= 0.6 is 0 Å². The number of oxazole rings is 1. The lowest BCUT2D eigenvalue weighted by molar-refractivity contribution is -0.119. The highest BCUT2D eigenvalue weighted by molar-refractivity contribution is 7.89. The number of amides is 1. The highest BCUT2D eigenvalue weighted by atomic mass is 32.2. The molecule has 1 amide bonds. The van der Waals surface area contributed by atoms with Gasteiger partial charge in [0.2, 0.25) is 15.9 Å². The van der Waals surface area contributed by atoms with Crippen molar-refractivity contribution in [2.24, 2.45) is 11.8 Å². The van der Waals surface area contributed by atoms with Gasteiger partial charge < -0.3 is 9.32 Å². The van der Waals surface area contributed by atoms with Crippen molar-refractivity contribution in [1.82, 2.24) is 8.87 Å². The van der Waals surface area contributed by atoms with Gasteiger partial charge in [0.25, 0.3) is 0 Å². The summed E-state index contributed by atoms with van der Waals surface area (Å²) in [5.41, 5.74) is 1.27. The molecule has 0 unspecified atom stereocenters. The van der Waals surface area contributed by atoms with E-state index in [1.165, 1.54) is 27.1 Å². The van der Waals surface area contributed by atoms with Crippen LogP contribution in [0.1, 0.15) is 27.2 Å². The Bertz CT molecular complexity index is 1300. The number of para-hydroxylation sites is 1. The first-order valence-corrected chi connectivity index (χ1v) is 12.6. The molecule has 1 aliphatic rings. The summed E-state index contributed by atoms with van der Waals surface area (Å²) in [5.74, 6) is -0.398. The van der Waals surface area contributed by atoms with E-state index in [0.717, 1.165) is 12.1 Å². The fourth-order valence-corrected chi connectivity index (χ4v) is 6.34. The number of nitrogens with zero attached hydrogens (tertiary/aromatic N) is 3. The maximum atomic E-state index is 13.2. The molecule has 2 heterocycles. The van der Waals surface area contributed by atoms with E-state index >= 15 is 0 Å². The summed E-state index contributed by atoms with van der Waals surface area (Å²) >= 11 is 0. The second-order valence-corrected chi connectivity index (χ2v) is 10.8. The summed E-state index contributed by atoms with van der Waals surface area (Å²) < 4.78 is 34.5. The number of fused-ring (bicyclic) bond motifs is 1. The lowest BCUT2D eigenvalue weighted by atomic mass is 9.94. The molecule has 9 heteroatoms. The first kappa shape index (κ1) is 23.3. The van der Waals surface area contributed by atoms with Crippen molar-refractivity contribution in [3.05, 3.63) is 59.1 Å². The molecule has 0 aliphatic carbocycles. The fraction of sp³-hybridized carbons (Fsp3) is 0.417. The van der Waals surface area contributed by atoms with Gasteiger partial charge in [0.15, 0.2) is 5.58 Å². The van der Waals surface area contributed by atoms with Crippen molar-refractivity contribution in [1.29, 1.82) is 0 Å². The Balaban J connectivity index is 1.63. The van der Waals surface area contributed by atoms with Gasteiger partial charge in [-0.3, -0.25) is 9.36 Å². The predicted octanol–water partition coefficient (Wildman–Crippen LogP) is 3.31. The largest absolute Gasteiger partial charge is 0.420 e. The number of hydrogen-bond acceptors (Lipinski definition) is 5. The first-order chi connectivity index (χ1) is 15.7. The van der Waals surface area contributed by atoms with E-state index in [4.69, 9.17) is 4.42 Å². The third kappa shape index (κ3) is 4.60. The molecule has 3 aromatic rings. The number of hydrogen-bond donors (Lipinski definition) is 0. The maximum absolute atomic E-state index is 13.2. The van der Waals surface area contributed by atoms with E-state index in [-0.39, 0.29) is 34.8 Å². The Labute approximate surface area is 193 Å². The van der Waals surface area contributed by atoms with Gasteiger partial charge in [0, 0.05) is 31.4 Å². The normalized spacial score (nSPS) is 19.6. The first-order valence-electron chi connectivity index (χ1n) is 11.2. The van der Waals surface area contributed by atoms with Gasteiger partial charge in [0.1, 0.15) is 6.54 Å². The topological polar surface area (TPSA) is 92.8 Å². The average molecular weight is 472 g/mol. The smallest absolute Gasteiger partial charge is 0.408 e. The molecule has 1 aliphatic heterocycles.